The van der Waals surface area contributed by atoms with Crippen LogP contribution in [0.25, 0.3) is 6.08 Å². The molecule has 1 heterocycles. The topological polar surface area (TPSA) is 105 Å². The largest absolute Gasteiger partial charge is 0.355 e. The van der Waals surface area contributed by atoms with Crippen LogP contribution in [0.5, 0.6) is 0 Å². The van der Waals surface area contributed by atoms with Crippen LogP contribution in [0.2, 0.25) is 0 Å². The molecule has 2 amide bonds. The molecular formula is C16H15N3O4S. The van der Waals surface area contributed by atoms with E-state index in [0.29, 0.717) is 11.1 Å². The van der Waals surface area contributed by atoms with E-state index >= 15 is 0 Å². The monoisotopic (exact) mass is 345 g/mol. The Kier molecular flexibility index (Phi) is 5.43. The van der Waals surface area contributed by atoms with E-state index in [2.05, 4.69) is 10.3 Å². The quantitative estimate of drug-likeness (QED) is 0.785. The number of nitrogens with one attached hydrogen (secondary N) is 2. The van der Waals surface area contributed by atoms with Gasteiger partial charge >= 0.3 is 0 Å². The Bertz CT molecular complexity index is 860. The van der Waals surface area contributed by atoms with Crippen molar-refractivity contribution in [3.63, 3.8) is 0 Å². The summed E-state index contributed by atoms with van der Waals surface area (Å²) in [5.41, 5.74) is 1.13. The summed E-state index contributed by atoms with van der Waals surface area (Å²) < 4.78 is 25.8. The first-order chi connectivity index (χ1) is 11.4. The van der Waals surface area contributed by atoms with Crippen molar-refractivity contribution in [3.05, 3.63) is 66.0 Å². The van der Waals surface area contributed by atoms with Gasteiger partial charge in [-0.1, -0.05) is 12.1 Å². The van der Waals surface area contributed by atoms with Crippen LogP contribution < -0.4 is 10.0 Å². The van der Waals surface area contributed by atoms with Crippen LogP contribution in [0.3, 0.4) is 0 Å². The third kappa shape index (κ3) is 4.50. The molecule has 0 bridgehead atoms. The second kappa shape index (κ2) is 7.51. The van der Waals surface area contributed by atoms with Crippen molar-refractivity contribution in [2.45, 2.75) is 4.90 Å². The van der Waals surface area contributed by atoms with Gasteiger partial charge < -0.3 is 5.32 Å². The van der Waals surface area contributed by atoms with E-state index in [1.807, 2.05) is 4.72 Å². The molecule has 0 fully saturated rings. The molecule has 2 aromatic rings. The van der Waals surface area contributed by atoms with Gasteiger partial charge in [0.1, 0.15) is 4.90 Å². The van der Waals surface area contributed by atoms with Crippen LogP contribution in [0.4, 0.5) is 0 Å². The molecule has 24 heavy (non-hydrogen) atoms. The molecule has 8 heteroatoms. The zero-order valence-corrected chi connectivity index (χ0v) is 13.6. The van der Waals surface area contributed by atoms with Gasteiger partial charge in [-0.25, -0.2) is 13.1 Å². The van der Waals surface area contributed by atoms with Crippen LogP contribution in [-0.2, 0) is 14.8 Å². The Morgan fingerprint density at radius 3 is 2.42 bits per heavy atom. The number of pyridine rings is 1. The highest BCUT2D eigenvalue weighted by atomic mass is 32.2. The lowest BCUT2D eigenvalue weighted by molar-refractivity contribution is -0.114. The Morgan fingerprint density at radius 1 is 1.12 bits per heavy atom. The minimum absolute atomic E-state index is 0.0957. The summed E-state index contributed by atoms with van der Waals surface area (Å²) in [6.45, 7) is 0. The molecule has 1 aromatic carbocycles. The van der Waals surface area contributed by atoms with Crippen molar-refractivity contribution in [3.8, 4) is 0 Å². The van der Waals surface area contributed by atoms with Crippen molar-refractivity contribution in [2.75, 3.05) is 7.05 Å². The van der Waals surface area contributed by atoms with Gasteiger partial charge in [-0.3, -0.25) is 14.6 Å². The SMILES string of the molecule is CNC(=O)c1ccc(C=CC(=O)NS(=O)(=O)c2cccnc2)cc1. The first-order valence-corrected chi connectivity index (χ1v) is 8.38. The maximum absolute atomic E-state index is 12.0. The summed E-state index contributed by atoms with van der Waals surface area (Å²) in [4.78, 5) is 26.8. The van der Waals surface area contributed by atoms with Crippen LogP contribution in [-0.4, -0.2) is 32.3 Å². The van der Waals surface area contributed by atoms with Gasteiger partial charge in [0.15, 0.2) is 0 Å². The minimum atomic E-state index is -3.95. The molecule has 1 aromatic heterocycles. The number of amides is 2. The Balaban J connectivity index is 2.04. The number of sulfonamides is 1. The molecule has 0 aliphatic carbocycles. The Labute approximate surface area is 139 Å². The molecule has 0 saturated carbocycles. The molecule has 0 aliphatic heterocycles. The number of carbonyl (C=O) groups excluding carboxylic acids is 2. The van der Waals surface area contributed by atoms with Crippen molar-refractivity contribution < 1.29 is 18.0 Å². The lowest BCUT2D eigenvalue weighted by atomic mass is 10.1. The Morgan fingerprint density at radius 2 is 1.83 bits per heavy atom. The van der Waals surface area contributed by atoms with E-state index in [9.17, 15) is 18.0 Å². The summed E-state index contributed by atoms with van der Waals surface area (Å²) in [5.74, 6) is -1.000. The summed E-state index contributed by atoms with van der Waals surface area (Å²) in [6, 6.07) is 9.28. The molecule has 0 radical (unpaired) electrons. The van der Waals surface area contributed by atoms with Gasteiger partial charge in [0, 0.05) is 31.1 Å². The lowest BCUT2D eigenvalue weighted by Crippen LogP contribution is -2.29. The number of benzene rings is 1. The van der Waals surface area contributed by atoms with Crippen LogP contribution in [0.15, 0.2) is 59.8 Å². The predicted molar refractivity (Wildman–Crippen MR) is 88.4 cm³/mol. The molecule has 2 N–H and O–H groups in total. The van der Waals surface area contributed by atoms with E-state index in [1.165, 1.54) is 31.5 Å². The smallest absolute Gasteiger partial charge is 0.265 e. The first kappa shape index (κ1) is 17.4. The van der Waals surface area contributed by atoms with Crippen LogP contribution in [0.1, 0.15) is 15.9 Å². The average Bonchev–Trinajstić information content (AvgIpc) is 2.60. The second-order valence-corrected chi connectivity index (χ2v) is 6.38. The van der Waals surface area contributed by atoms with E-state index < -0.39 is 15.9 Å². The highest BCUT2D eigenvalue weighted by molar-refractivity contribution is 7.90. The number of hydrogen-bond acceptors (Lipinski definition) is 5. The lowest BCUT2D eigenvalue weighted by Gasteiger charge is -2.03. The number of rotatable bonds is 5. The van der Waals surface area contributed by atoms with Gasteiger partial charge in [-0.2, -0.15) is 0 Å². The maximum atomic E-state index is 12.0. The molecule has 0 atom stereocenters. The van der Waals surface area contributed by atoms with Gasteiger partial charge in [-0.05, 0) is 35.9 Å². The maximum Gasteiger partial charge on any atom is 0.265 e. The summed E-state index contributed by atoms with van der Waals surface area (Å²) in [5, 5.41) is 2.50. The van der Waals surface area contributed by atoms with E-state index in [-0.39, 0.29) is 10.8 Å². The third-order valence-electron chi connectivity index (χ3n) is 3.01. The molecule has 0 saturated heterocycles. The fraction of sp³-hybridized carbons (Fsp3) is 0.0625. The fourth-order valence-corrected chi connectivity index (χ4v) is 2.70. The van der Waals surface area contributed by atoms with E-state index in [1.54, 1.807) is 24.3 Å². The van der Waals surface area contributed by atoms with Gasteiger partial charge in [0.05, 0.1) is 0 Å². The summed E-state index contributed by atoms with van der Waals surface area (Å²) in [6.07, 6.45) is 5.13. The highest BCUT2D eigenvalue weighted by Gasteiger charge is 2.15. The van der Waals surface area contributed by atoms with Crippen LogP contribution in [0, 0.1) is 0 Å². The summed E-state index contributed by atoms with van der Waals surface area (Å²) in [7, 11) is -2.42. The Hall–Kier alpha value is -3.00. The van der Waals surface area contributed by atoms with E-state index in [0.717, 1.165) is 12.3 Å². The van der Waals surface area contributed by atoms with Gasteiger partial charge in [0.2, 0.25) is 0 Å². The molecule has 0 unspecified atom stereocenters. The number of carbonyl (C=O) groups is 2. The first-order valence-electron chi connectivity index (χ1n) is 6.89. The third-order valence-corrected chi connectivity index (χ3v) is 4.34. The molecule has 0 spiro atoms. The molecular weight excluding hydrogens is 330 g/mol. The standard InChI is InChI=1S/C16H15N3O4S/c1-17-16(21)13-7-4-12(5-8-13)6-9-15(20)19-24(22,23)14-3-2-10-18-11-14/h2-11H,1H3,(H,17,21)(H,19,20). The van der Waals surface area contributed by atoms with Gasteiger partial charge in [0.25, 0.3) is 21.8 Å². The minimum Gasteiger partial charge on any atom is -0.355 e. The van der Waals surface area contributed by atoms with Crippen molar-refractivity contribution in [1.82, 2.24) is 15.0 Å². The number of hydrogen-bond donors (Lipinski definition) is 2. The van der Waals surface area contributed by atoms with Crippen LogP contribution >= 0.6 is 0 Å². The summed E-state index contributed by atoms with van der Waals surface area (Å²) >= 11 is 0. The van der Waals surface area contributed by atoms with Crippen molar-refractivity contribution >= 4 is 27.9 Å². The fourth-order valence-electron chi connectivity index (χ4n) is 1.79. The molecule has 7 nitrogen and oxygen atoms in total. The highest BCUT2D eigenvalue weighted by Crippen LogP contribution is 2.07. The van der Waals surface area contributed by atoms with Crippen molar-refractivity contribution in [1.29, 1.82) is 0 Å². The van der Waals surface area contributed by atoms with Gasteiger partial charge in [-0.15, -0.1) is 0 Å². The second-order valence-electron chi connectivity index (χ2n) is 4.69. The normalized spacial score (nSPS) is 11.2. The predicted octanol–water partition coefficient (Wildman–Crippen LogP) is 0.959. The zero-order chi connectivity index (χ0) is 17.6. The molecule has 2 rings (SSSR count). The molecule has 0 aliphatic rings. The van der Waals surface area contributed by atoms with Crippen molar-refractivity contribution in [2.24, 2.45) is 0 Å². The van der Waals surface area contributed by atoms with E-state index in [4.69, 9.17) is 0 Å². The number of aromatic nitrogens is 1. The zero-order valence-electron chi connectivity index (χ0n) is 12.8. The molecule has 124 valence electrons. The number of nitrogens with zero attached hydrogens (tertiary/aromatic N) is 1. The average molecular weight is 345 g/mol.